The van der Waals surface area contributed by atoms with Crippen LogP contribution in [0.5, 0.6) is 11.5 Å². The summed E-state index contributed by atoms with van der Waals surface area (Å²) in [6, 6.07) is 7.79. The van der Waals surface area contributed by atoms with Crippen LogP contribution in [-0.4, -0.2) is 26.3 Å². The lowest BCUT2D eigenvalue weighted by atomic mass is 10.2. The van der Waals surface area contributed by atoms with Gasteiger partial charge in [-0.05, 0) is 51.4 Å². The Morgan fingerprint density at radius 3 is 2.56 bits per heavy atom. The van der Waals surface area contributed by atoms with Crippen LogP contribution in [-0.2, 0) is 0 Å². The molecule has 3 heteroatoms. The first kappa shape index (κ1) is 14.8. The molecular formula is C15H25NO2. The molecule has 0 saturated carbocycles. The highest BCUT2D eigenvalue weighted by molar-refractivity contribution is 5.39. The van der Waals surface area contributed by atoms with E-state index < -0.39 is 0 Å². The molecule has 0 aliphatic rings. The summed E-state index contributed by atoms with van der Waals surface area (Å²) in [4.78, 5) is 0. The molecule has 1 aromatic rings. The van der Waals surface area contributed by atoms with E-state index in [2.05, 4.69) is 19.2 Å². The summed E-state index contributed by atoms with van der Waals surface area (Å²) >= 11 is 0. The molecule has 0 aliphatic heterocycles. The standard InChI is InChI=1S/C15H25NO2/c1-4-11-16-12-7-8-13(2)18-15-10-6-5-9-14(15)17-3/h5-6,9-10,13,16H,4,7-8,11-12H2,1-3H3. The number of methoxy groups -OCH3 is 1. The van der Waals surface area contributed by atoms with E-state index in [-0.39, 0.29) is 6.10 Å². The van der Waals surface area contributed by atoms with Crippen LogP contribution in [0.2, 0.25) is 0 Å². The monoisotopic (exact) mass is 251 g/mol. The molecule has 102 valence electrons. The molecule has 0 bridgehead atoms. The zero-order chi connectivity index (χ0) is 13.2. The first-order valence-electron chi connectivity index (χ1n) is 6.78. The van der Waals surface area contributed by atoms with Gasteiger partial charge in [0.05, 0.1) is 13.2 Å². The molecule has 18 heavy (non-hydrogen) atoms. The maximum Gasteiger partial charge on any atom is 0.161 e. The molecule has 0 spiro atoms. The Kier molecular flexibility index (Phi) is 7.26. The van der Waals surface area contributed by atoms with Crippen LogP contribution in [0.25, 0.3) is 0 Å². The van der Waals surface area contributed by atoms with Crippen molar-refractivity contribution in [3.05, 3.63) is 24.3 Å². The van der Waals surface area contributed by atoms with Gasteiger partial charge in [-0.1, -0.05) is 19.1 Å². The molecule has 0 heterocycles. The van der Waals surface area contributed by atoms with Crippen molar-refractivity contribution in [2.24, 2.45) is 0 Å². The van der Waals surface area contributed by atoms with Crippen LogP contribution < -0.4 is 14.8 Å². The smallest absolute Gasteiger partial charge is 0.161 e. The van der Waals surface area contributed by atoms with E-state index in [0.29, 0.717) is 0 Å². The molecular weight excluding hydrogens is 226 g/mol. The summed E-state index contributed by atoms with van der Waals surface area (Å²) in [5.74, 6) is 1.63. The maximum atomic E-state index is 5.89. The molecule has 0 saturated heterocycles. The minimum Gasteiger partial charge on any atom is -0.493 e. The van der Waals surface area contributed by atoms with Gasteiger partial charge in [0.25, 0.3) is 0 Å². The Morgan fingerprint density at radius 1 is 1.17 bits per heavy atom. The second-order valence-electron chi connectivity index (χ2n) is 4.47. The quantitative estimate of drug-likeness (QED) is 0.683. The number of hydrogen-bond acceptors (Lipinski definition) is 3. The average molecular weight is 251 g/mol. The molecule has 0 aromatic heterocycles. The number of nitrogens with one attached hydrogen (secondary N) is 1. The second-order valence-corrected chi connectivity index (χ2v) is 4.47. The van der Waals surface area contributed by atoms with Crippen molar-refractivity contribution in [2.45, 2.75) is 39.2 Å². The van der Waals surface area contributed by atoms with Crippen LogP contribution in [0.3, 0.4) is 0 Å². The van der Waals surface area contributed by atoms with Crippen molar-refractivity contribution >= 4 is 0 Å². The van der Waals surface area contributed by atoms with E-state index >= 15 is 0 Å². The van der Waals surface area contributed by atoms with Gasteiger partial charge in [-0.25, -0.2) is 0 Å². The van der Waals surface area contributed by atoms with Crippen LogP contribution in [0.4, 0.5) is 0 Å². The zero-order valence-corrected chi connectivity index (χ0v) is 11.7. The number of benzene rings is 1. The fourth-order valence-electron chi connectivity index (χ4n) is 1.81. The molecule has 0 amide bonds. The van der Waals surface area contributed by atoms with Gasteiger partial charge >= 0.3 is 0 Å². The molecule has 0 radical (unpaired) electrons. The lowest BCUT2D eigenvalue weighted by Crippen LogP contribution is -2.19. The first-order valence-corrected chi connectivity index (χ1v) is 6.78. The van der Waals surface area contributed by atoms with Crippen molar-refractivity contribution in [1.82, 2.24) is 5.32 Å². The third-order valence-corrected chi connectivity index (χ3v) is 2.79. The Hall–Kier alpha value is -1.22. The Morgan fingerprint density at radius 2 is 1.89 bits per heavy atom. The van der Waals surface area contributed by atoms with Crippen LogP contribution in [0, 0.1) is 0 Å². The summed E-state index contributed by atoms with van der Waals surface area (Å²) in [6.45, 7) is 6.45. The second kappa shape index (κ2) is 8.81. The molecule has 1 rings (SSSR count). The predicted octanol–water partition coefficient (Wildman–Crippen LogP) is 3.24. The normalized spacial score (nSPS) is 12.2. The molecule has 1 N–H and O–H groups in total. The molecule has 1 unspecified atom stereocenters. The summed E-state index contributed by atoms with van der Waals surface area (Å²) in [5, 5.41) is 3.40. The van der Waals surface area contributed by atoms with Crippen molar-refractivity contribution < 1.29 is 9.47 Å². The molecule has 1 aromatic carbocycles. The van der Waals surface area contributed by atoms with Gasteiger partial charge in [0.1, 0.15) is 0 Å². The van der Waals surface area contributed by atoms with Crippen molar-refractivity contribution in [2.75, 3.05) is 20.2 Å². The van der Waals surface area contributed by atoms with Gasteiger partial charge in [-0.2, -0.15) is 0 Å². The average Bonchev–Trinajstić information content (AvgIpc) is 2.39. The van der Waals surface area contributed by atoms with E-state index in [0.717, 1.165) is 37.4 Å². The van der Waals surface area contributed by atoms with Crippen LogP contribution in [0.1, 0.15) is 33.1 Å². The van der Waals surface area contributed by atoms with E-state index in [1.54, 1.807) is 7.11 Å². The fraction of sp³-hybridized carbons (Fsp3) is 0.600. The van der Waals surface area contributed by atoms with Gasteiger partial charge in [0, 0.05) is 0 Å². The molecule has 0 fully saturated rings. The first-order chi connectivity index (χ1) is 8.77. The van der Waals surface area contributed by atoms with E-state index in [1.165, 1.54) is 6.42 Å². The number of rotatable bonds is 9. The summed E-state index contributed by atoms with van der Waals surface area (Å²) in [5.41, 5.74) is 0. The van der Waals surface area contributed by atoms with E-state index in [9.17, 15) is 0 Å². The van der Waals surface area contributed by atoms with Gasteiger partial charge in [-0.3, -0.25) is 0 Å². The minimum atomic E-state index is 0.213. The van der Waals surface area contributed by atoms with Gasteiger partial charge in [0.15, 0.2) is 11.5 Å². The van der Waals surface area contributed by atoms with Crippen molar-refractivity contribution in [3.63, 3.8) is 0 Å². The SMILES string of the molecule is CCCNCCCC(C)Oc1ccccc1OC. The lowest BCUT2D eigenvalue weighted by molar-refractivity contribution is 0.198. The third kappa shape index (κ3) is 5.41. The van der Waals surface area contributed by atoms with Crippen LogP contribution in [0.15, 0.2) is 24.3 Å². The Bertz CT molecular complexity index is 328. The number of para-hydroxylation sites is 2. The zero-order valence-electron chi connectivity index (χ0n) is 11.7. The van der Waals surface area contributed by atoms with Crippen molar-refractivity contribution in [3.8, 4) is 11.5 Å². The largest absolute Gasteiger partial charge is 0.493 e. The maximum absolute atomic E-state index is 5.89. The Labute approximate surface area is 110 Å². The van der Waals surface area contributed by atoms with E-state index in [1.807, 2.05) is 24.3 Å². The Balaban J connectivity index is 2.28. The summed E-state index contributed by atoms with van der Waals surface area (Å²) < 4.78 is 11.2. The fourth-order valence-corrected chi connectivity index (χ4v) is 1.81. The predicted molar refractivity (Wildman–Crippen MR) is 75.5 cm³/mol. The van der Waals surface area contributed by atoms with Crippen LogP contribution >= 0.6 is 0 Å². The molecule has 3 nitrogen and oxygen atoms in total. The van der Waals surface area contributed by atoms with Crippen molar-refractivity contribution in [1.29, 1.82) is 0 Å². The lowest BCUT2D eigenvalue weighted by Gasteiger charge is -2.16. The molecule has 1 atom stereocenters. The summed E-state index contributed by atoms with van der Waals surface area (Å²) in [6.07, 6.45) is 3.59. The molecule has 0 aliphatic carbocycles. The summed E-state index contributed by atoms with van der Waals surface area (Å²) in [7, 11) is 1.67. The highest BCUT2D eigenvalue weighted by Crippen LogP contribution is 2.27. The van der Waals surface area contributed by atoms with Gasteiger partial charge < -0.3 is 14.8 Å². The van der Waals surface area contributed by atoms with Gasteiger partial charge in [-0.15, -0.1) is 0 Å². The minimum absolute atomic E-state index is 0.213. The number of hydrogen-bond donors (Lipinski definition) is 1. The van der Waals surface area contributed by atoms with Gasteiger partial charge in [0.2, 0.25) is 0 Å². The third-order valence-electron chi connectivity index (χ3n) is 2.79. The topological polar surface area (TPSA) is 30.5 Å². The number of ether oxygens (including phenoxy) is 2. The highest BCUT2D eigenvalue weighted by atomic mass is 16.5. The van der Waals surface area contributed by atoms with E-state index in [4.69, 9.17) is 9.47 Å². The highest BCUT2D eigenvalue weighted by Gasteiger charge is 2.07.